The number of piperidine rings is 1. The summed E-state index contributed by atoms with van der Waals surface area (Å²) in [6, 6.07) is 9.97. The molecule has 0 spiro atoms. The predicted octanol–water partition coefficient (Wildman–Crippen LogP) is 3.43. The third kappa shape index (κ3) is 3.93. The standard InChI is InChI=1S/C15H23IN2/c1-12(13-6-8-14(16)9-7-13)17-11-15-5-3-4-10-18(15)2/h6-9,12,15,17H,3-5,10-11H2,1-2H3. The molecule has 1 aromatic rings. The highest BCUT2D eigenvalue weighted by Crippen LogP contribution is 2.17. The van der Waals surface area contributed by atoms with Gasteiger partial charge < -0.3 is 10.2 Å². The quantitative estimate of drug-likeness (QED) is 0.830. The molecule has 1 fully saturated rings. The fourth-order valence-corrected chi connectivity index (χ4v) is 2.94. The zero-order chi connectivity index (χ0) is 13.0. The lowest BCUT2D eigenvalue weighted by molar-refractivity contribution is 0.178. The van der Waals surface area contributed by atoms with Crippen LogP contribution in [0.25, 0.3) is 0 Å². The number of halogens is 1. The Kier molecular flexibility index (Phi) is 5.45. The van der Waals surface area contributed by atoms with Gasteiger partial charge in [-0.05, 0) is 73.6 Å². The second kappa shape index (κ2) is 6.87. The molecule has 0 amide bonds. The van der Waals surface area contributed by atoms with E-state index >= 15 is 0 Å². The van der Waals surface area contributed by atoms with Crippen LogP contribution < -0.4 is 5.32 Å². The molecule has 1 aromatic carbocycles. The first-order chi connectivity index (χ1) is 8.66. The Morgan fingerprint density at radius 1 is 1.33 bits per heavy atom. The van der Waals surface area contributed by atoms with Gasteiger partial charge in [-0.25, -0.2) is 0 Å². The number of hydrogen-bond acceptors (Lipinski definition) is 2. The molecule has 3 heteroatoms. The van der Waals surface area contributed by atoms with Crippen molar-refractivity contribution in [2.45, 2.75) is 38.3 Å². The van der Waals surface area contributed by atoms with E-state index in [2.05, 4.69) is 71.0 Å². The van der Waals surface area contributed by atoms with E-state index in [1.54, 1.807) is 0 Å². The molecule has 1 aliphatic heterocycles. The molecule has 1 heterocycles. The zero-order valence-electron chi connectivity index (χ0n) is 11.3. The van der Waals surface area contributed by atoms with Crippen molar-refractivity contribution in [1.29, 1.82) is 0 Å². The Labute approximate surface area is 124 Å². The maximum atomic E-state index is 3.67. The molecule has 1 aliphatic rings. The minimum absolute atomic E-state index is 0.442. The molecule has 18 heavy (non-hydrogen) atoms. The van der Waals surface area contributed by atoms with Crippen LogP contribution in [0.4, 0.5) is 0 Å². The summed E-state index contributed by atoms with van der Waals surface area (Å²) in [7, 11) is 2.25. The topological polar surface area (TPSA) is 15.3 Å². The Balaban J connectivity index is 1.83. The van der Waals surface area contributed by atoms with E-state index in [0.29, 0.717) is 12.1 Å². The van der Waals surface area contributed by atoms with E-state index in [9.17, 15) is 0 Å². The Hall–Kier alpha value is -0.130. The summed E-state index contributed by atoms with van der Waals surface area (Å²) >= 11 is 2.35. The number of likely N-dealkylation sites (tertiary alicyclic amines) is 1. The van der Waals surface area contributed by atoms with Crippen LogP contribution in [0, 0.1) is 3.57 Å². The molecule has 0 aliphatic carbocycles. The third-order valence-corrected chi connectivity index (χ3v) is 4.67. The average molecular weight is 358 g/mol. The van der Waals surface area contributed by atoms with Gasteiger partial charge in [0.05, 0.1) is 0 Å². The van der Waals surface area contributed by atoms with Gasteiger partial charge in [0.25, 0.3) is 0 Å². The Morgan fingerprint density at radius 2 is 2.06 bits per heavy atom. The highest BCUT2D eigenvalue weighted by Gasteiger charge is 2.19. The van der Waals surface area contributed by atoms with Gasteiger partial charge in [0.15, 0.2) is 0 Å². The maximum Gasteiger partial charge on any atom is 0.0292 e. The molecule has 0 aromatic heterocycles. The smallest absolute Gasteiger partial charge is 0.0292 e. The van der Waals surface area contributed by atoms with Crippen molar-refractivity contribution in [3.63, 3.8) is 0 Å². The van der Waals surface area contributed by atoms with Crippen molar-refractivity contribution in [2.24, 2.45) is 0 Å². The summed E-state index contributed by atoms with van der Waals surface area (Å²) in [5.74, 6) is 0. The normalized spacial score (nSPS) is 22.9. The van der Waals surface area contributed by atoms with E-state index in [1.807, 2.05) is 0 Å². The molecule has 2 rings (SSSR count). The Bertz CT molecular complexity index is 363. The summed E-state index contributed by atoms with van der Waals surface area (Å²) in [5.41, 5.74) is 1.38. The van der Waals surface area contributed by atoms with Crippen molar-refractivity contribution >= 4 is 22.6 Å². The second-order valence-electron chi connectivity index (χ2n) is 5.31. The van der Waals surface area contributed by atoms with E-state index in [1.165, 1.54) is 34.9 Å². The fraction of sp³-hybridized carbons (Fsp3) is 0.600. The van der Waals surface area contributed by atoms with Crippen molar-refractivity contribution in [2.75, 3.05) is 20.1 Å². The highest BCUT2D eigenvalue weighted by atomic mass is 127. The lowest BCUT2D eigenvalue weighted by Gasteiger charge is -2.33. The summed E-state index contributed by atoms with van der Waals surface area (Å²) in [5, 5.41) is 3.67. The predicted molar refractivity (Wildman–Crippen MR) is 85.8 cm³/mol. The molecule has 100 valence electrons. The van der Waals surface area contributed by atoms with Crippen molar-refractivity contribution in [1.82, 2.24) is 10.2 Å². The van der Waals surface area contributed by atoms with Gasteiger partial charge in [0.2, 0.25) is 0 Å². The van der Waals surface area contributed by atoms with Crippen LogP contribution in [0.2, 0.25) is 0 Å². The maximum absolute atomic E-state index is 3.67. The number of benzene rings is 1. The van der Waals surface area contributed by atoms with Crippen molar-refractivity contribution in [3.8, 4) is 0 Å². The van der Waals surface area contributed by atoms with Gasteiger partial charge in [-0.1, -0.05) is 18.6 Å². The van der Waals surface area contributed by atoms with E-state index in [4.69, 9.17) is 0 Å². The largest absolute Gasteiger partial charge is 0.309 e. The molecule has 2 nitrogen and oxygen atoms in total. The summed E-state index contributed by atoms with van der Waals surface area (Å²) in [4.78, 5) is 2.50. The third-order valence-electron chi connectivity index (χ3n) is 3.95. The van der Waals surface area contributed by atoms with Crippen LogP contribution in [0.1, 0.15) is 37.8 Å². The Morgan fingerprint density at radius 3 is 2.72 bits per heavy atom. The lowest BCUT2D eigenvalue weighted by atomic mass is 10.0. The number of likely N-dealkylation sites (N-methyl/N-ethyl adjacent to an activating group) is 1. The molecular weight excluding hydrogens is 335 g/mol. The number of hydrogen-bond donors (Lipinski definition) is 1. The number of rotatable bonds is 4. The molecule has 1 N–H and O–H groups in total. The van der Waals surface area contributed by atoms with Gasteiger partial charge in [0, 0.05) is 22.2 Å². The van der Waals surface area contributed by atoms with Crippen LogP contribution in [0.5, 0.6) is 0 Å². The molecule has 0 radical (unpaired) electrons. The summed E-state index contributed by atoms with van der Waals surface area (Å²) < 4.78 is 1.30. The monoisotopic (exact) mass is 358 g/mol. The zero-order valence-corrected chi connectivity index (χ0v) is 13.5. The fourth-order valence-electron chi connectivity index (χ4n) is 2.58. The van der Waals surface area contributed by atoms with E-state index in [-0.39, 0.29) is 0 Å². The number of nitrogens with zero attached hydrogens (tertiary/aromatic N) is 1. The number of nitrogens with one attached hydrogen (secondary N) is 1. The molecule has 2 atom stereocenters. The highest BCUT2D eigenvalue weighted by molar-refractivity contribution is 14.1. The lowest BCUT2D eigenvalue weighted by Crippen LogP contribution is -2.43. The first-order valence-electron chi connectivity index (χ1n) is 6.86. The molecule has 2 unspecified atom stereocenters. The van der Waals surface area contributed by atoms with Crippen LogP contribution in [-0.4, -0.2) is 31.1 Å². The van der Waals surface area contributed by atoms with Crippen molar-refractivity contribution < 1.29 is 0 Å². The first-order valence-corrected chi connectivity index (χ1v) is 7.94. The van der Waals surface area contributed by atoms with Crippen LogP contribution in [0.15, 0.2) is 24.3 Å². The van der Waals surface area contributed by atoms with Gasteiger partial charge in [-0.2, -0.15) is 0 Å². The first kappa shape index (κ1) is 14.3. The van der Waals surface area contributed by atoms with Crippen LogP contribution in [-0.2, 0) is 0 Å². The van der Waals surface area contributed by atoms with E-state index < -0.39 is 0 Å². The minimum atomic E-state index is 0.442. The van der Waals surface area contributed by atoms with Gasteiger partial charge in [-0.15, -0.1) is 0 Å². The summed E-state index contributed by atoms with van der Waals surface area (Å²) in [6.45, 7) is 4.61. The molecule has 1 saturated heterocycles. The molecular formula is C15H23IN2. The minimum Gasteiger partial charge on any atom is -0.309 e. The average Bonchev–Trinajstić information content (AvgIpc) is 2.38. The van der Waals surface area contributed by atoms with Crippen molar-refractivity contribution in [3.05, 3.63) is 33.4 Å². The van der Waals surface area contributed by atoms with Gasteiger partial charge in [-0.3, -0.25) is 0 Å². The summed E-state index contributed by atoms with van der Waals surface area (Å²) in [6.07, 6.45) is 4.08. The van der Waals surface area contributed by atoms with E-state index in [0.717, 1.165) is 6.54 Å². The molecule has 0 bridgehead atoms. The second-order valence-corrected chi connectivity index (χ2v) is 6.56. The molecule has 0 saturated carbocycles. The van der Waals surface area contributed by atoms with Crippen LogP contribution >= 0.6 is 22.6 Å². The van der Waals surface area contributed by atoms with Gasteiger partial charge >= 0.3 is 0 Å². The SMILES string of the molecule is CC(NCC1CCCCN1C)c1ccc(I)cc1. The van der Waals surface area contributed by atoms with Crippen LogP contribution in [0.3, 0.4) is 0 Å². The van der Waals surface area contributed by atoms with Gasteiger partial charge in [0.1, 0.15) is 0 Å².